The number of anilines is 1. The zero-order valence-electron chi connectivity index (χ0n) is 11.5. The number of aryl methyl sites for hydroxylation is 1. The van der Waals surface area contributed by atoms with Gasteiger partial charge in [-0.3, -0.25) is 4.21 Å². The molecule has 0 aliphatic carbocycles. The lowest BCUT2D eigenvalue weighted by atomic mass is 10.1. The van der Waals surface area contributed by atoms with Crippen LogP contribution < -0.4 is 10.5 Å². The predicted molar refractivity (Wildman–Crippen MR) is 86.5 cm³/mol. The van der Waals surface area contributed by atoms with Crippen LogP contribution in [-0.2, 0) is 23.6 Å². The molecule has 0 bridgehead atoms. The molecule has 0 saturated carbocycles. The average Bonchev–Trinajstić information content (AvgIpc) is 2.95. The molecule has 0 radical (unpaired) electrons. The fourth-order valence-corrected chi connectivity index (χ4v) is 3.74. The Morgan fingerprint density at radius 3 is 2.90 bits per heavy atom. The Morgan fingerprint density at radius 2 is 2.10 bits per heavy atom. The highest BCUT2D eigenvalue weighted by Crippen LogP contribution is 2.26. The molecule has 1 aliphatic heterocycles. The number of ether oxygens (including phenoxy) is 1. The van der Waals surface area contributed by atoms with E-state index >= 15 is 0 Å². The molecule has 3 rings (SSSR count). The van der Waals surface area contributed by atoms with Crippen molar-refractivity contribution in [2.75, 3.05) is 18.1 Å². The van der Waals surface area contributed by atoms with Gasteiger partial charge in [0, 0.05) is 17.1 Å². The molecule has 3 nitrogen and oxygen atoms in total. The van der Waals surface area contributed by atoms with Gasteiger partial charge in [0.15, 0.2) is 0 Å². The largest absolute Gasteiger partial charge is 0.493 e. The molecular weight excluding hydrogens is 306 g/mol. The first-order chi connectivity index (χ1) is 10.1. The van der Waals surface area contributed by atoms with E-state index in [-0.39, 0.29) is 0 Å². The lowest BCUT2D eigenvalue weighted by molar-refractivity contribution is 0.357. The van der Waals surface area contributed by atoms with Gasteiger partial charge in [0.25, 0.3) is 0 Å². The fraction of sp³-hybridized carbons (Fsp3) is 0.250. The van der Waals surface area contributed by atoms with Crippen LogP contribution in [0.2, 0.25) is 5.02 Å². The highest BCUT2D eigenvalue weighted by atomic mass is 35.5. The van der Waals surface area contributed by atoms with Crippen molar-refractivity contribution >= 4 is 28.1 Å². The normalized spacial score (nSPS) is 14.5. The zero-order valence-corrected chi connectivity index (χ0v) is 13.0. The first-order valence-electron chi connectivity index (χ1n) is 6.81. The molecule has 5 heteroatoms. The lowest BCUT2D eigenvalue weighted by Crippen LogP contribution is -2.02. The van der Waals surface area contributed by atoms with Crippen LogP contribution in [-0.4, -0.2) is 16.6 Å². The number of fused-ring (bicyclic) bond motifs is 1. The maximum Gasteiger partial charge on any atom is 0.122 e. The van der Waals surface area contributed by atoms with Gasteiger partial charge >= 0.3 is 0 Å². The van der Waals surface area contributed by atoms with Crippen LogP contribution in [0.25, 0.3) is 0 Å². The third-order valence-electron chi connectivity index (χ3n) is 3.56. The molecule has 1 unspecified atom stereocenters. The van der Waals surface area contributed by atoms with E-state index < -0.39 is 10.8 Å². The number of halogens is 1. The minimum absolute atomic E-state index is 0.454. The third-order valence-corrected chi connectivity index (χ3v) is 5.25. The number of hydrogen-bond donors (Lipinski definition) is 1. The molecule has 21 heavy (non-hydrogen) atoms. The number of hydrogen-bond acceptors (Lipinski definition) is 3. The average molecular weight is 322 g/mol. The van der Waals surface area contributed by atoms with E-state index in [0.717, 1.165) is 30.1 Å². The molecule has 1 atom stereocenters. The highest BCUT2D eigenvalue weighted by Gasteiger charge is 2.13. The van der Waals surface area contributed by atoms with Crippen molar-refractivity contribution in [1.29, 1.82) is 0 Å². The van der Waals surface area contributed by atoms with Gasteiger partial charge in [0.1, 0.15) is 5.75 Å². The number of benzene rings is 2. The SMILES string of the molecule is Nc1ccc(S(=O)CCc2ccc3c(c2)CCO3)cc1Cl. The van der Waals surface area contributed by atoms with Gasteiger partial charge in [-0.15, -0.1) is 0 Å². The molecule has 2 N–H and O–H groups in total. The Bertz CT molecular complexity index is 703. The first-order valence-corrected chi connectivity index (χ1v) is 8.51. The summed E-state index contributed by atoms with van der Waals surface area (Å²) in [5.41, 5.74) is 8.61. The maximum absolute atomic E-state index is 12.3. The van der Waals surface area contributed by atoms with E-state index in [2.05, 4.69) is 6.07 Å². The van der Waals surface area contributed by atoms with E-state index in [1.54, 1.807) is 18.2 Å². The van der Waals surface area contributed by atoms with Crippen LogP contribution in [0, 0.1) is 0 Å². The van der Waals surface area contributed by atoms with E-state index in [1.807, 2.05) is 12.1 Å². The van der Waals surface area contributed by atoms with Crippen LogP contribution in [0.1, 0.15) is 11.1 Å². The summed E-state index contributed by atoms with van der Waals surface area (Å²) in [6, 6.07) is 11.3. The molecule has 2 aromatic rings. The number of rotatable bonds is 4. The highest BCUT2D eigenvalue weighted by molar-refractivity contribution is 7.85. The van der Waals surface area contributed by atoms with Crippen LogP contribution in [0.3, 0.4) is 0 Å². The molecular formula is C16H16ClNO2S. The molecule has 2 aromatic carbocycles. The van der Waals surface area contributed by atoms with Crippen molar-refractivity contribution in [2.24, 2.45) is 0 Å². The second kappa shape index (κ2) is 6.08. The quantitative estimate of drug-likeness (QED) is 0.880. The van der Waals surface area contributed by atoms with E-state index in [9.17, 15) is 4.21 Å². The summed E-state index contributed by atoms with van der Waals surface area (Å²) in [5, 5.41) is 0.454. The first kappa shape index (κ1) is 14.4. The lowest BCUT2D eigenvalue weighted by Gasteiger charge is -2.06. The summed E-state index contributed by atoms with van der Waals surface area (Å²) in [6.07, 6.45) is 1.72. The van der Waals surface area contributed by atoms with Gasteiger partial charge in [0.05, 0.1) is 28.1 Å². The van der Waals surface area contributed by atoms with Crippen LogP contribution >= 0.6 is 11.6 Å². The van der Waals surface area contributed by atoms with Crippen LogP contribution in [0.15, 0.2) is 41.3 Å². The summed E-state index contributed by atoms with van der Waals surface area (Å²) < 4.78 is 17.8. The van der Waals surface area contributed by atoms with E-state index in [4.69, 9.17) is 22.1 Å². The standard InChI is InChI=1S/C16H16ClNO2S/c17-14-10-13(2-3-15(14)18)21(19)8-6-11-1-4-16-12(9-11)5-7-20-16/h1-4,9-10H,5-8,18H2. The minimum Gasteiger partial charge on any atom is -0.493 e. The van der Waals surface area contributed by atoms with Gasteiger partial charge in [0.2, 0.25) is 0 Å². The van der Waals surface area contributed by atoms with E-state index in [0.29, 0.717) is 16.5 Å². The third kappa shape index (κ3) is 3.22. The molecule has 0 aromatic heterocycles. The Hall–Kier alpha value is -1.52. The smallest absolute Gasteiger partial charge is 0.122 e. The van der Waals surface area contributed by atoms with Crippen molar-refractivity contribution in [3.05, 3.63) is 52.5 Å². The molecule has 1 heterocycles. The van der Waals surface area contributed by atoms with Gasteiger partial charge in [-0.25, -0.2) is 0 Å². The zero-order chi connectivity index (χ0) is 14.8. The van der Waals surface area contributed by atoms with Gasteiger partial charge < -0.3 is 10.5 Å². The van der Waals surface area contributed by atoms with Crippen LogP contribution in [0.5, 0.6) is 5.75 Å². The number of nitrogen functional groups attached to an aromatic ring is 1. The summed E-state index contributed by atoms with van der Waals surface area (Å²) in [4.78, 5) is 0.721. The summed E-state index contributed by atoms with van der Waals surface area (Å²) >= 11 is 5.97. The molecule has 0 saturated heterocycles. The second-order valence-electron chi connectivity index (χ2n) is 5.02. The summed E-state index contributed by atoms with van der Waals surface area (Å²) in [6.45, 7) is 0.759. The van der Waals surface area contributed by atoms with Crippen LogP contribution in [0.4, 0.5) is 5.69 Å². The topological polar surface area (TPSA) is 52.3 Å². The predicted octanol–water partition coefficient (Wildman–Crippen LogP) is 3.21. The van der Waals surface area contributed by atoms with Crippen molar-refractivity contribution < 1.29 is 8.95 Å². The van der Waals surface area contributed by atoms with Gasteiger partial charge in [-0.05, 0) is 41.8 Å². The molecule has 0 amide bonds. The molecule has 1 aliphatic rings. The maximum atomic E-state index is 12.3. The van der Waals surface area contributed by atoms with Gasteiger partial charge in [-0.2, -0.15) is 0 Å². The van der Waals surface area contributed by atoms with Crippen molar-refractivity contribution in [3.8, 4) is 5.75 Å². The number of nitrogens with two attached hydrogens (primary N) is 1. The monoisotopic (exact) mass is 321 g/mol. The Morgan fingerprint density at radius 1 is 1.24 bits per heavy atom. The Balaban J connectivity index is 1.67. The van der Waals surface area contributed by atoms with Crippen molar-refractivity contribution in [3.63, 3.8) is 0 Å². The minimum atomic E-state index is -1.07. The fourth-order valence-electron chi connectivity index (χ4n) is 2.37. The molecule has 0 spiro atoms. The van der Waals surface area contributed by atoms with Crippen molar-refractivity contribution in [1.82, 2.24) is 0 Å². The van der Waals surface area contributed by atoms with Gasteiger partial charge in [-0.1, -0.05) is 23.7 Å². The Kier molecular flexibility index (Phi) is 4.17. The molecule has 110 valence electrons. The van der Waals surface area contributed by atoms with Crippen molar-refractivity contribution in [2.45, 2.75) is 17.7 Å². The second-order valence-corrected chi connectivity index (χ2v) is 7.00. The van der Waals surface area contributed by atoms with E-state index in [1.165, 1.54) is 11.1 Å². The summed E-state index contributed by atoms with van der Waals surface area (Å²) in [7, 11) is -1.07. The Labute approximate surface area is 131 Å². The summed E-state index contributed by atoms with van der Waals surface area (Å²) in [5.74, 6) is 1.55. The molecule has 0 fully saturated rings.